The Morgan fingerprint density at radius 3 is 2.60 bits per heavy atom. The van der Waals surface area contributed by atoms with Gasteiger partial charge in [0.25, 0.3) is 0 Å². The van der Waals surface area contributed by atoms with Crippen molar-refractivity contribution in [1.29, 1.82) is 0 Å². The van der Waals surface area contributed by atoms with Crippen molar-refractivity contribution in [2.75, 3.05) is 0 Å². The molecule has 2 nitrogen and oxygen atoms in total. The molecule has 1 heterocycles. The second-order valence-corrected chi connectivity index (χ2v) is 3.20. The van der Waals surface area contributed by atoms with Crippen molar-refractivity contribution in [3.05, 3.63) is 16.6 Å². The number of aryl methyl sites for hydroxylation is 1. The summed E-state index contributed by atoms with van der Waals surface area (Å²) in [4.78, 5) is 0. The van der Waals surface area contributed by atoms with Crippen LogP contribution in [0.5, 0.6) is 0 Å². The first-order chi connectivity index (χ1) is 4.74. The highest BCUT2D eigenvalue weighted by Gasteiger charge is 2.00. The van der Waals surface area contributed by atoms with Crippen LogP contribution in [0, 0.1) is 0 Å². The van der Waals surface area contributed by atoms with Gasteiger partial charge in [-0.15, -0.1) is 10.2 Å². The molecule has 10 heavy (non-hydrogen) atoms. The normalized spacial score (nSPS) is 9.80. The predicted octanol–water partition coefficient (Wildman–Crippen LogP) is 2.13. The lowest BCUT2D eigenvalue weighted by molar-refractivity contribution is 0.976. The zero-order chi connectivity index (χ0) is 7.56. The van der Waals surface area contributed by atoms with Crippen LogP contribution in [0.25, 0.3) is 5.57 Å². The molecule has 0 aliphatic carbocycles. The number of nitrogens with zero attached hydrogens (tertiary/aromatic N) is 2. The van der Waals surface area contributed by atoms with E-state index in [1.807, 2.05) is 6.92 Å². The Kier molecular flexibility index (Phi) is 2.17. The van der Waals surface area contributed by atoms with Crippen LogP contribution in [0.3, 0.4) is 0 Å². The maximum atomic E-state index is 3.96. The first-order valence-corrected chi connectivity index (χ1v) is 4.04. The average Bonchev–Trinajstić information content (AvgIpc) is 2.34. The molecule has 1 aromatic rings. The summed E-state index contributed by atoms with van der Waals surface area (Å²) in [5, 5.41) is 9.96. The molecule has 0 aliphatic rings. The molecule has 1 aromatic heterocycles. The zero-order valence-electron chi connectivity index (χ0n) is 6.22. The van der Waals surface area contributed by atoms with E-state index in [0.717, 1.165) is 22.0 Å². The molecule has 0 aliphatic heterocycles. The molecule has 0 unspecified atom stereocenters. The van der Waals surface area contributed by atoms with Crippen molar-refractivity contribution in [1.82, 2.24) is 10.2 Å². The Morgan fingerprint density at radius 1 is 1.60 bits per heavy atom. The molecule has 0 fully saturated rings. The highest BCUT2D eigenvalue weighted by Crippen LogP contribution is 2.16. The van der Waals surface area contributed by atoms with E-state index < -0.39 is 0 Å². The minimum absolute atomic E-state index is 0.955. The largest absolute Gasteiger partial charge is 0.143 e. The molecule has 0 saturated carbocycles. The van der Waals surface area contributed by atoms with Crippen molar-refractivity contribution < 1.29 is 0 Å². The van der Waals surface area contributed by atoms with Crippen LogP contribution >= 0.6 is 11.3 Å². The van der Waals surface area contributed by atoms with Crippen LogP contribution in [-0.2, 0) is 6.42 Å². The minimum Gasteiger partial charge on any atom is -0.143 e. The molecule has 0 radical (unpaired) electrons. The molecule has 0 bridgehead atoms. The lowest BCUT2D eigenvalue weighted by atomic mass is 10.4. The second-order valence-electron chi connectivity index (χ2n) is 2.13. The van der Waals surface area contributed by atoms with E-state index in [2.05, 4.69) is 23.7 Å². The van der Waals surface area contributed by atoms with E-state index in [1.54, 1.807) is 11.3 Å². The van der Waals surface area contributed by atoms with E-state index in [0.29, 0.717) is 0 Å². The average molecular weight is 154 g/mol. The first kappa shape index (κ1) is 7.41. The molecule has 0 atom stereocenters. The number of hydrogen-bond acceptors (Lipinski definition) is 3. The third-order valence-corrected chi connectivity index (χ3v) is 2.36. The van der Waals surface area contributed by atoms with Gasteiger partial charge < -0.3 is 0 Å². The highest BCUT2D eigenvalue weighted by molar-refractivity contribution is 7.12. The van der Waals surface area contributed by atoms with Gasteiger partial charge in [-0.25, -0.2) is 0 Å². The Bertz CT molecular complexity index is 240. The summed E-state index contributed by atoms with van der Waals surface area (Å²) in [6.07, 6.45) is 0.963. The molecule has 1 rings (SSSR count). The highest BCUT2D eigenvalue weighted by atomic mass is 32.1. The van der Waals surface area contributed by atoms with Crippen molar-refractivity contribution in [3.63, 3.8) is 0 Å². The topological polar surface area (TPSA) is 25.8 Å². The van der Waals surface area contributed by atoms with E-state index in [9.17, 15) is 0 Å². The number of aromatic nitrogens is 2. The fourth-order valence-electron chi connectivity index (χ4n) is 0.569. The number of hydrogen-bond donors (Lipinski definition) is 0. The summed E-state index contributed by atoms with van der Waals surface area (Å²) in [5.41, 5.74) is 0.997. The minimum atomic E-state index is 0.955. The first-order valence-electron chi connectivity index (χ1n) is 3.22. The van der Waals surface area contributed by atoms with Crippen LogP contribution < -0.4 is 0 Å². The lowest BCUT2D eigenvalue weighted by Crippen LogP contribution is -1.76. The Morgan fingerprint density at radius 2 is 2.30 bits per heavy atom. The molecule has 54 valence electrons. The van der Waals surface area contributed by atoms with Gasteiger partial charge in [-0.2, -0.15) is 0 Å². The third kappa shape index (κ3) is 1.42. The van der Waals surface area contributed by atoms with Gasteiger partial charge in [0.15, 0.2) is 0 Å². The summed E-state index contributed by atoms with van der Waals surface area (Å²) in [6.45, 7) is 7.80. The fourth-order valence-corrected chi connectivity index (χ4v) is 1.27. The van der Waals surface area contributed by atoms with Gasteiger partial charge in [0.05, 0.1) is 0 Å². The van der Waals surface area contributed by atoms with Crippen molar-refractivity contribution in [2.45, 2.75) is 20.3 Å². The number of rotatable bonds is 2. The quantitative estimate of drug-likeness (QED) is 0.652. The molecular weight excluding hydrogens is 144 g/mol. The maximum absolute atomic E-state index is 3.96. The van der Waals surface area contributed by atoms with Gasteiger partial charge in [0.1, 0.15) is 10.0 Å². The SMILES string of the molecule is C=C(C)c1nnc(CC)s1. The summed E-state index contributed by atoms with van der Waals surface area (Å²) < 4.78 is 0. The van der Waals surface area contributed by atoms with Gasteiger partial charge in [0, 0.05) is 0 Å². The standard InChI is InChI=1S/C7H10N2S/c1-4-6-8-9-7(10-6)5(2)3/h2,4H2,1,3H3. The Hall–Kier alpha value is -0.700. The monoisotopic (exact) mass is 154 g/mol. The fraction of sp³-hybridized carbons (Fsp3) is 0.429. The van der Waals surface area contributed by atoms with E-state index in [1.165, 1.54) is 0 Å². The van der Waals surface area contributed by atoms with Crippen LogP contribution in [0.15, 0.2) is 6.58 Å². The van der Waals surface area contributed by atoms with Crippen LogP contribution in [-0.4, -0.2) is 10.2 Å². The van der Waals surface area contributed by atoms with E-state index in [-0.39, 0.29) is 0 Å². The van der Waals surface area contributed by atoms with Gasteiger partial charge in [-0.05, 0) is 18.9 Å². The van der Waals surface area contributed by atoms with Crippen LogP contribution in [0.1, 0.15) is 23.9 Å². The number of allylic oxidation sites excluding steroid dienone is 1. The van der Waals surface area contributed by atoms with Gasteiger partial charge in [0.2, 0.25) is 0 Å². The molecule has 0 saturated heterocycles. The van der Waals surface area contributed by atoms with Crippen molar-refractivity contribution >= 4 is 16.9 Å². The maximum Gasteiger partial charge on any atom is 0.142 e. The smallest absolute Gasteiger partial charge is 0.142 e. The summed E-state index contributed by atoms with van der Waals surface area (Å²) in [5.74, 6) is 0. The van der Waals surface area contributed by atoms with Crippen LogP contribution in [0.4, 0.5) is 0 Å². The third-order valence-electron chi connectivity index (χ3n) is 1.13. The molecule has 0 N–H and O–H groups in total. The lowest BCUT2D eigenvalue weighted by Gasteiger charge is -1.84. The molecule has 0 aromatic carbocycles. The summed E-state index contributed by atoms with van der Waals surface area (Å²) in [7, 11) is 0. The zero-order valence-corrected chi connectivity index (χ0v) is 7.03. The molecule has 0 amide bonds. The summed E-state index contributed by atoms with van der Waals surface area (Å²) in [6, 6.07) is 0. The van der Waals surface area contributed by atoms with Crippen molar-refractivity contribution in [2.24, 2.45) is 0 Å². The molecule has 3 heteroatoms. The van der Waals surface area contributed by atoms with Gasteiger partial charge in [-0.3, -0.25) is 0 Å². The second kappa shape index (κ2) is 2.92. The van der Waals surface area contributed by atoms with Gasteiger partial charge in [-0.1, -0.05) is 24.8 Å². The van der Waals surface area contributed by atoms with Crippen molar-refractivity contribution in [3.8, 4) is 0 Å². The van der Waals surface area contributed by atoms with E-state index >= 15 is 0 Å². The van der Waals surface area contributed by atoms with Crippen LogP contribution in [0.2, 0.25) is 0 Å². The van der Waals surface area contributed by atoms with Gasteiger partial charge >= 0.3 is 0 Å². The van der Waals surface area contributed by atoms with E-state index in [4.69, 9.17) is 0 Å². The Balaban J connectivity index is 2.88. The molecule has 0 spiro atoms. The Labute approximate surface area is 64.6 Å². The molecular formula is C7H10N2S. The summed E-state index contributed by atoms with van der Waals surface area (Å²) >= 11 is 1.62. The predicted molar refractivity (Wildman–Crippen MR) is 44.0 cm³/mol.